The van der Waals surface area contributed by atoms with E-state index < -0.39 is 0 Å². The molecule has 1 aromatic rings. The Bertz CT molecular complexity index is 655. The molecule has 3 fully saturated rings. The Morgan fingerprint density at radius 2 is 1.59 bits per heavy atom. The molecule has 1 N–H and O–H groups in total. The first-order valence-electron chi connectivity index (χ1n) is 10.6. The maximum Gasteiger partial charge on any atom is 0.225 e. The summed E-state index contributed by atoms with van der Waals surface area (Å²) in [6.07, 6.45) is 6.52. The summed E-state index contributed by atoms with van der Waals surface area (Å²) in [6, 6.07) is 11.3. The van der Waals surface area contributed by atoms with Crippen LogP contribution in [0.25, 0.3) is 0 Å². The number of hydrogen-bond acceptors (Lipinski definition) is 3. The number of fused-ring (bicyclic) bond motifs is 2. The minimum atomic E-state index is 0.0970. The number of nitrogens with zero attached hydrogens (tertiary/aromatic N) is 2. The SMILES string of the molecule is O=C(CCc1ccccc1)N1CCC(C(=O)N2CCC3CCC(C2)N3)CC1. The second-order valence-electron chi connectivity index (χ2n) is 8.35. The van der Waals surface area contributed by atoms with Crippen LogP contribution in [0.5, 0.6) is 0 Å². The van der Waals surface area contributed by atoms with Crippen molar-refractivity contribution in [1.82, 2.24) is 15.1 Å². The third kappa shape index (κ3) is 4.52. The Kier molecular flexibility index (Phi) is 5.77. The zero-order valence-electron chi connectivity index (χ0n) is 16.1. The second kappa shape index (κ2) is 8.42. The van der Waals surface area contributed by atoms with Crippen molar-refractivity contribution < 1.29 is 9.59 Å². The fraction of sp³-hybridized carbons (Fsp3) is 0.636. The van der Waals surface area contributed by atoms with Crippen LogP contribution in [-0.2, 0) is 16.0 Å². The van der Waals surface area contributed by atoms with E-state index in [4.69, 9.17) is 0 Å². The predicted octanol–water partition coefficient (Wildman–Crippen LogP) is 2.21. The summed E-state index contributed by atoms with van der Waals surface area (Å²) < 4.78 is 0. The van der Waals surface area contributed by atoms with Gasteiger partial charge in [-0.25, -0.2) is 0 Å². The molecule has 5 heteroatoms. The van der Waals surface area contributed by atoms with Crippen molar-refractivity contribution in [1.29, 1.82) is 0 Å². The minimum absolute atomic E-state index is 0.0970. The lowest BCUT2D eigenvalue weighted by Crippen LogP contribution is -2.46. The highest BCUT2D eigenvalue weighted by atomic mass is 16.2. The molecular formula is C22H31N3O2. The van der Waals surface area contributed by atoms with Crippen LogP contribution in [-0.4, -0.2) is 59.9 Å². The molecule has 4 rings (SSSR count). The van der Waals surface area contributed by atoms with Gasteiger partial charge in [0.05, 0.1) is 0 Å². The standard InChI is InChI=1S/C22H31N3O2/c26-21(9-6-17-4-2-1-3-5-17)24-13-10-18(11-14-24)22(27)25-15-12-19-7-8-20(16-25)23-19/h1-5,18-20,23H,6-16H2. The highest BCUT2D eigenvalue weighted by molar-refractivity contribution is 5.80. The number of aryl methyl sites for hydroxylation is 1. The normalized spacial score (nSPS) is 26.1. The summed E-state index contributed by atoms with van der Waals surface area (Å²) in [7, 11) is 0. The lowest BCUT2D eigenvalue weighted by atomic mass is 9.94. The van der Waals surface area contributed by atoms with E-state index in [0.717, 1.165) is 51.9 Å². The molecule has 0 radical (unpaired) electrons. The van der Waals surface area contributed by atoms with Gasteiger partial charge in [-0.05, 0) is 44.1 Å². The fourth-order valence-electron chi connectivity index (χ4n) is 4.83. The molecule has 146 valence electrons. The lowest BCUT2D eigenvalue weighted by molar-refractivity contribution is -0.141. The number of carbonyl (C=O) groups is 2. The van der Waals surface area contributed by atoms with Gasteiger partial charge in [-0.1, -0.05) is 30.3 Å². The quantitative estimate of drug-likeness (QED) is 0.885. The fourth-order valence-corrected chi connectivity index (χ4v) is 4.83. The molecule has 27 heavy (non-hydrogen) atoms. The van der Waals surface area contributed by atoms with E-state index in [1.165, 1.54) is 18.4 Å². The Morgan fingerprint density at radius 3 is 2.37 bits per heavy atom. The van der Waals surface area contributed by atoms with E-state index in [1.54, 1.807) is 0 Å². The van der Waals surface area contributed by atoms with Gasteiger partial charge in [0, 0.05) is 50.6 Å². The molecule has 3 aliphatic rings. The average Bonchev–Trinajstić information content (AvgIpc) is 3.05. The van der Waals surface area contributed by atoms with E-state index in [0.29, 0.717) is 24.4 Å². The van der Waals surface area contributed by atoms with Crippen LogP contribution in [0.1, 0.15) is 44.1 Å². The first-order valence-corrected chi connectivity index (χ1v) is 10.6. The van der Waals surface area contributed by atoms with Crippen molar-refractivity contribution in [3.8, 4) is 0 Å². The number of rotatable bonds is 4. The summed E-state index contributed by atoms with van der Waals surface area (Å²) >= 11 is 0. The summed E-state index contributed by atoms with van der Waals surface area (Å²) in [6.45, 7) is 3.21. The zero-order valence-corrected chi connectivity index (χ0v) is 16.1. The summed E-state index contributed by atoms with van der Waals surface area (Å²) in [4.78, 5) is 29.5. The van der Waals surface area contributed by atoms with Crippen molar-refractivity contribution in [2.24, 2.45) is 5.92 Å². The highest BCUT2D eigenvalue weighted by Gasteiger charge is 2.35. The van der Waals surface area contributed by atoms with Crippen LogP contribution in [0.3, 0.4) is 0 Å². The van der Waals surface area contributed by atoms with E-state index in [1.807, 2.05) is 23.1 Å². The third-order valence-corrected chi connectivity index (χ3v) is 6.50. The highest BCUT2D eigenvalue weighted by Crippen LogP contribution is 2.25. The Labute approximate surface area is 162 Å². The molecule has 1 aromatic carbocycles. The third-order valence-electron chi connectivity index (χ3n) is 6.50. The van der Waals surface area contributed by atoms with Gasteiger partial charge in [0.25, 0.3) is 0 Å². The van der Waals surface area contributed by atoms with Crippen LogP contribution < -0.4 is 5.32 Å². The summed E-state index contributed by atoms with van der Waals surface area (Å²) in [5.74, 6) is 0.640. The molecular weight excluding hydrogens is 338 g/mol. The van der Waals surface area contributed by atoms with E-state index in [-0.39, 0.29) is 11.8 Å². The van der Waals surface area contributed by atoms with Crippen molar-refractivity contribution in [2.75, 3.05) is 26.2 Å². The smallest absolute Gasteiger partial charge is 0.225 e. The average molecular weight is 370 g/mol. The topological polar surface area (TPSA) is 52.7 Å². The summed E-state index contributed by atoms with van der Waals surface area (Å²) in [5.41, 5.74) is 1.21. The lowest BCUT2D eigenvalue weighted by Gasteiger charge is -2.35. The second-order valence-corrected chi connectivity index (χ2v) is 8.35. The van der Waals surface area contributed by atoms with Gasteiger partial charge < -0.3 is 15.1 Å². The van der Waals surface area contributed by atoms with Crippen LogP contribution in [0, 0.1) is 5.92 Å². The molecule has 0 saturated carbocycles. The van der Waals surface area contributed by atoms with Crippen molar-refractivity contribution in [3.63, 3.8) is 0 Å². The van der Waals surface area contributed by atoms with Crippen molar-refractivity contribution in [2.45, 2.75) is 57.0 Å². The number of benzene rings is 1. The Morgan fingerprint density at radius 1 is 0.889 bits per heavy atom. The first kappa shape index (κ1) is 18.5. The van der Waals surface area contributed by atoms with E-state index in [9.17, 15) is 9.59 Å². The molecule has 3 aliphatic heterocycles. The molecule has 5 nitrogen and oxygen atoms in total. The van der Waals surface area contributed by atoms with Gasteiger partial charge in [-0.3, -0.25) is 9.59 Å². The number of carbonyl (C=O) groups excluding carboxylic acids is 2. The maximum atomic E-state index is 13.0. The minimum Gasteiger partial charge on any atom is -0.343 e. The summed E-state index contributed by atoms with van der Waals surface area (Å²) in [5, 5.41) is 3.64. The first-order chi connectivity index (χ1) is 13.2. The Hall–Kier alpha value is -1.88. The molecule has 0 aromatic heterocycles. The number of nitrogens with one attached hydrogen (secondary N) is 1. The van der Waals surface area contributed by atoms with Crippen LogP contribution in [0.2, 0.25) is 0 Å². The van der Waals surface area contributed by atoms with Gasteiger partial charge in [-0.15, -0.1) is 0 Å². The van der Waals surface area contributed by atoms with E-state index >= 15 is 0 Å². The van der Waals surface area contributed by atoms with Gasteiger partial charge in [0.1, 0.15) is 0 Å². The van der Waals surface area contributed by atoms with Crippen LogP contribution in [0.15, 0.2) is 30.3 Å². The van der Waals surface area contributed by atoms with Gasteiger partial charge in [0.15, 0.2) is 0 Å². The molecule has 0 spiro atoms. The molecule has 3 heterocycles. The number of hydrogen-bond donors (Lipinski definition) is 1. The zero-order chi connectivity index (χ0) is 18.6. The molecule has 3 saturated heterocycles. The maximum absolute atomic E-state index is 13.0. The number of piperidine rings is 1. The molecule has 0 aliphatic carbocycles. The van der Waals surface area contributed by atoms with Gasteiger partial charge in [0.2, 0.25) is 11.8 Å². The molecule has 2 atom stereocenters. The van der Waals surface area contributed by atoms with Crippen molar-refractivity contribution >= 4 is 11.8 Å². The van der Waals surface area contributed by atoms with E-state index in [2.05, 4.69) is 22.3 Å². The van der Waals surface area contributed by atoms with Crippen molar-refractivity contribution in [3.05, 3.63) is 35.9 Å². The molecule has 2 bridgehead atoms. The van der Waals surface area contributed by atoms with Gasteiger partial charge in [-0.2, -0.15) is 0 Å². The number of amides is 2. The molecule has 2 amide bonds. The van der Waals surface area contributed by atoms with Crippen LogP contribution >= 0.6 is 0 Å². The van der Waals surface area contributed by atoms with Crippen LogP contribution in [0.4, 0.5) is 0 Å². The van der Waals surface area contributed by atoms with Gasteiger partial charge >= 0.3 is 0 Å². The molecule has 2 unspecified atom stereocenters. The Balaban J connectivity index is 1.23. The largest absolute Gasteiger partial charge is 0.343 e. The number of likely N-dealkylation sites (tertiary alicyclic amines) is 2. The monoisotopic (exact) mass is 369 g/mol. The predicted molar refractivity (Wildman–Crippen MR) is 105 cm³/mol.